The van der Waals surface area contributed by atoms with Crippen molar-refractivity contribution in [2.24, 2.45) is 10.4 Å². The first-order valence-electron chi connectivity index (χ1n) is 8.25. The number of nitriles is 1. The molecule has 0 fully saturated rings. The lowest BCUT2D eigenvalue weighted by atomic mass is 9.82. The molecule has 24 heavy (non-hydrogen) atoms. The molecule has 4 nitrogen and oxygen atoms in total. The summed E-state index contributed by atoms with van der Waals surface area (Å²) in [5.41, 5.74) is 0.841. The largest absolute Gasteiger partial charge is 0.459 e. The SMILES string of the molecule is CC(C)OC(=O)c1ccccc1C(C#N)=NC(C)(C)CC(C)(C)C. The Hall–Kier alpha value is -2.15. The average molecular weight is 328 g/mol. The van der Waals surface area contributed by atoms with Gasteiger partial charge >= 0.3 is 5.97 Å². The van der Waals surface area contributed by atoms with Gasteiger partial charge < -0.3 is 4.74 Å². The molecule has 0 aliphatic heterocycles. The molecule has 0 aromatic heterocycles. The van der Waals surface area contributed by atoms with Crippen molar-refractivity contribution < 1.29 is 9.53 Å². The summed E-state index contributed by atoms with van der Waals surface area (Å²) in [6.07, 6.45) is 0.606. The monoisotopic (exact) mass is 328 g/mol. The van der Waals surface area contributed by atoms with Crippen LogP contribution in [0.25, 0.3) is 0 Å². The number of aliphatic imine (C=N–C) groups is 1. The van der Waals surface area contributed by atoms with Crippen molar-refractivity contribution in [1.82, 2.24) is 0 Å². The Balaban J connectivity index is 3.30. The van der Waals surface area contributed by atoms with E-state index in [9.17, 15) is 10.1 Å². The van der Waals surface area contributed by atoms with Crippen LogP contribution in [0, 0.1) is 16.7 Å². The van der Waals surface area contributed by atoms with Gasteiger partial charge in [0.1, 0.15) is 11.8 Å². The van der Waals surface area contributed by atoms with Crippen LogP contribution in [0.3, 0.4) is 0 Å². The molecule has 0 saturated carbocycles. The first-order chi connectivity index (χ1) is 10.9. The lowest BCUT2D eigenvalue weighted by Crippen LogP contribution is -2.27. The predicted molar refractivity (Wildman–Crippen MR) is 97.3 cm³/mol. The summed E-state index contributed by atoms with van der Waals surface area (Å²) in [6.45, 7) is 14.0. The molecular weight excluding hydrogens is 300 g/mol. The highest BCUT2D eigenvalue weighted by Crippen LogP contribution is 2.30. The molecule has 4 heteroatoms. The van der Waals surface area contributed by atoms with E-state index in [1.807, 2.05) is 13.8 Å². The third-order valence-corrected chi connectivity index (χ3v) is 3.23. The van der Waals surface area contributed by atoms with Crippen LogP contribution in [0.1, 0.15) is 70.8 Å². The molecule has 1 aromatic carbocycles. The summed E-state index contributed by atoms with van der Waals surface area (Å²) in [6, 6.07) is 9.12. The van der Waals surface area contributed by atoms with Crippen molar-refractivity contribution in [3.63, 3.8) is 0 Å². The second-order valence-electron chi connectivity index (χ2n) is 8.12. The van der Waals surface area contributed by atoms with Crippen molar-refractivity contribution in [2.45, 2.75) is 66.5 Å². The summed E-state index contributed by atoms with van der Waals surface area (Å²) in [5, 5.41) is 9.60. The Kier molecular flexibility index (Phi) is 6.31. The third-order valence-electron chi connectivity index (χ3n) is 3.23. The highest BCUT2D eigenvalue weighted by atomic mass is 16.5. The smallest absolute Gasteiger partial charge is 0.339 e. The maximum absolute atomic E-state index is 12.3. The van der Waals surface area contributed by atoms with Gasteiger partial charge in [0.05, 0.1) is 17.2 Å². The summed E-state index contributed by atoms with van der Waals surface area (Å²) >= 11 is 0. The van der Waals surface area contributed by atoms with E-state index in [0.717, 1.165) is 6.42 Å². The summed E-state index contributed by atoms with van der Waals surface area (Å²) in [7, 11) is 0. The fourth-order valence-corrected chi connectivity index (χ4v) is 2.93. The zero-order chi connectivity index (χ0) is 18.5. The van der Waals surface area contributed by atoms with Gasteiger partial charge in [-0.2, -0.15) is 5.26 Å². The van der Waals surface area contributed by atoms with Gasteiger partial charge in [-0.15, -0.1) is 0 Å². The van der Waals surface area contributed by atoms with E-state index in [-0.39, 0.29) is 17.2 Å². The molecule has 0 N–H and O–H groups in total. The molecule has 0 unspecified atom stereocenters. The van der Waals surface area contributed by atoms with E-state index >= 15 is 0 Å². The minimum absolute atomic E-state index is 0.0870. The molecule has 1 rings (SSSR count). The van der Waals surface area contributed by atoms with E-state index in [4.69, 9.17) is 4.74 Å². The van der Waals surface area contributed by atoms with E-state index in [1.54, 1.807) is 38.1 Å². The Labute approximate surface area is 145 Å². The van der Waals surface area contributed by atoms with Crippen LogP contribution in [0.4, 0.5) is 0 Å². The second kappa shape index (κ2) is 7.61. The van der Waals surface area contributed by atoms with Gasteiger partial charge in [-0.1, -0.05) is 39.0 Å². The fourth-order valence-electron chi connectivity index (χ4n) is 2.93. The van der Waals surface area contributed by atoms with Crippen molar-refractivity contribution in [2.75, 3.05) is 0 Å². The summed E-state index contributed by atoms with van der Waals surface area (Å²) in [5.74, 6) is -0.433. The van der Waals surface area contributed by atoms with Crippen molar-refractivity contribution in [3.05, 3.63) is 35.4 Å². The van der Waals surface area contributed by atoms with E-state index in [0.29, 0.717) is 11.1 Å². The fraction of sp³-hybridized carbons (Fsp3) is 0.550. The molecule has 0 saturated heterocycles. The Bertz CT molecular complexity index is 659. The lowest BCUT2D eigenvalue weighted by molar-refractivity contribution is 0.0377. The van der Waals surface area contributed by atoms with E-state index < -0.39 is 11.5 Å². The molecule has 1 aromatic rings. The van der Waals surface area contributed by atoms with Gasteiger partial charge in [0.2, 0.25) is 0 Å². The van der Waals surface area contributed by atoms with Gasteiger partial charge in [-0.3, -0.25) is 4.99 Å². The standard InChI is InChI=1S/C20H28N2O2/c1-14(2)24-18(23)16-11-9-8-10-15(16)17(12-21)22-20(6,7)13-19(3,4)5/h8-11,14H,13H2,1-7H3. The average Bonchev–Trinajstić information content (AvgIpc) is 2.41. The van der Waals surface area contributed by atoms with Gasteiger partial charge in [-0.25, -0.2) is 4.79 Å². The molecule has 0 aliphatic rings. The highest BCUT2D eigenvalue weighted by Gasteiger charge is 2.26. The minimum Gasteiger partial charge on any atom is -0.459 e. The zero-order valence-corrected chi connectivity index (χ0v) is 15.8. The predicted octanol–water partition coefficient (Wildman–Crippen LogP) is 4.78. The van der Waals surface area contributed by atoms with Crippen molar-refractivity contribution in [1.29, 1.82) is 5.26 Å². The highest BCUT2D eigenvalue weighted by molar-refractivity contribution is 6.16. The number of hydrogen-bond acceptors (Lipinski definition) is 4. The number of carbonyl (C=O) groups excluding carboxylic acids is 1. The normalized spacial score (nSPS) is 12.9. The maximum atomic E-state index is 12.3. The summed E-state index contributed by atoms with van der Waals surface area (Å²) in [4.78, 5) is 17.0. The van der Waals surface area contributed by atoms with Gasteiger partial charge in [0, 0.05) is 5.56 Å². The Morgan fingerprint density at radius 2 is 1.71 bits per heavy atom. The second-order valence-corrected chi connectivity index (χ2v) is 8.12. The van der Waals surface area contributed by atoms with Crippen molar-refractivity contribution >= 4 is 11.7 Å². The number of ether oxygens (including phenoxy) is 1. The first kappa shape index (κ1) is 19.9. The summed E-state index contributed by atoms with van der Waals surface area (Å²) < 4.78 is 5.28. The number of hydrogen-bond donors (Lipinski definition) is 0. The number of benzene rings is 1. The molecule has 0 heterocycles. The van der Waals surface area contributed by atoms with Gasteiger partial charge in [-0.05, 0) is 45.6 Å². The first-order valence-corrected chi connectivity index (χ1v) is 8.25. The van der Waals surface area contributed by atoms with Crippen LogP contribution in [0.5, 0.6) is 0 Å². The lowest BCUT2D eigenvalue weighted by Gasteiger charge is -2.29. The molecule has 0 amide bonds. The number of carbonyl (C=O) groups is 1. The van der Waals surface area contributed by atoms with Gasteiger partial charge in [0.15, 0.2) is 0 Å². The van der Waals surface area contributed by atoms with Crippen LogP contribution >= 0.6 is 0 Å². The molecule has 0 radical (unpaired) electrons. The van der Waals surface area contributed by atoms with Crippen LogP contribution in [0.15, 0.2) is 29.3 Å². The van der Waals surface area contributed by atoms with Crippen LogP contribution in [-0.4, -0.2) is 23.3 Å². The molecule has 0 bridgehead atoms. The maximum Gasteiger partial charge on any atom is 0.339 e. The quantitative estimate of drug-likeness (QED) is 0.577. The van der Waals surface area contributed by atoms with Crippen LogP contribution in [-0.2, 0) is 4.74 Å². The Morgan fingerprint density at radius 3 is 2.17 bits per heavy atom. The van der Waals surface area contributed by atoms with Crippen LogP contribution in [0.2, 0.25) is 0 Å². The topological polar surface area (TPSA) is 62.5 Å². The third kappa shape index (κ3) is 6.16. The Morgan fingerprint density at radius 1 is 1.17 bits per heavy atom. The number of esters is 1. The molecule has 130 valence electrons. The molecular formula is C20H28N2O2. The molecule has 0 spiro atoms. The van der Waals surface area contributed by atoms with E-state index in [2.05, 4.69) is 31.8 Å². The van der Waals surface area contributed by atoms with Crippen molar-refractivity contribution in [3.8, 4) is 6.07 Å². The molecule has 0 aliphatic carbocycles. The number of rotatable bonds is 5. The van der Waals surface area contributed by atoms with Gasteiger partial charge in [0.25, 0.3) is 0 Å². The zero-order valence-electron chi connectivity index (χ0n) is 15.8. The minimum atomic E-state index is -0.433. The van der Waals surface area contributed by atoms with E-state index in [1.165, 1.54) is 0 Å². The van der Waals surface area contributed by atoms with Crippen LogP contribution < -0.4 is 0 Å². The molecule has 0 atom stereocenters. The number of nitrogens with zero attached hydrogens (tertiary/aromatic N) is 2.